The van der Waals surface area contributed by atoms with E-state index in [0.717, 1.165) is 10.5 Å². The van der Waals surface area contributed by atoms with Crippen LogP contribution < -0.4 is 5.73 Å². The molecule has 1 heterocycles. The van der Waals surface area contributed by atoms with Crippen LogP contribution in [0.4, 0.5) is 13.2 Å². The molecule has 1 unspecified atom stereocenters. The Hall–Kier alpha value is -1.56. The number of carbonyl (C=O) groups excluding carboxylic acids is 1. The predicted molar refractivity (Wildman–Crippen MR) is 64.7 cm³/mol. The van der Waals surface area contributed by atoms with Gasteiger partial charge in [0.1, 0.15) is 6.04 Å². The lowest BCUT2D eigenvalue weighted by Gasteiger charge is -2.31. The second-order valence-corrected chi connectivity index (χ2v) is 4.55. The third-order valence-electron chi connectivity index (χ3n) is 3.33. The molecule has 3 nitrogen and oxygen atoms in total. The van der Waals surface area contributed by atoms with Gasteiger partial charge in [-0.25, -0.2) is 0 Å². The molecule has 2 N–H and O–H groups in total. The van der Waals surface area contributed by atoms with Gasteiger partial charge in [0, 0.05) is 18.7 Å². The Bertz CT molecular complexity index is 473. The van der Waals surface area contributed by atoms with E-state index < -0.39 is 24.7 Å². The smallest absolute Gasteiger partial charge is 0.328 e. The van der Waals surface area contributed by atoms with Crippen LogP contribution in [0.2, 0.25) is 0 Å². The van der Waals surface area contributed by atoms with Crippen molar-refractivity contribution in [3.63, 3.8) is 0 Å². The number of carbonyl (C=O) groups is 1. The van der Waals surface area contributed by atoms with Gasteiger partial charge in [0.15, 0.2) is 0 Å². The van der Waals surface area contributed by atoms with Crippen LogP contribution in [0.1, 0.15) is 22.3 Å². The summed E-state index contributed by atoms with van der Waals surface area (Å²) in [6.07, 6.45) is -3.38. The monoisotopic (exact) mass is 272 g/mol. The number of nitrogens with zero attached hydrogens (tertiary/aromatic N) is 1. The zero-order valence-electron chi connectivity index (χ0n) is 10.3. The molecule has 1 amide bonds. The number of benzene rings is 1. The molecule has 1 aromatic rings. The Morgan fingerprint density at radius 1 is 1.32 bits per heavy atom. The van der Waals surface area contributed by atoms with Gasteiger partial charge < -0.3 is 10.6 Å². The molecular formula is C13H15F3N2O. The highest BCUT2D eigenvalue weighted by Crippen LogP contribution is 2.28. The van der Waals surface area contributed by atoms with Gasteiger partial charge in [-0.15, -0.1) is 0 Å². The van der Waals surface area contributed by atoms with Crippen molar-refractivity contribution < 1.29 is 18.0 Å². The van der Waals surface area contributed by atoms with Crippen LogP contribution in [-0.4, -0.2) is 36.1 Å². The summed E-state index contributed by atoms with van der Waals surface area (Å²) in [4.78, 5) is 13.1. The quantitative estimate of drug-likeness (QED) is 0.894. The summed E-state index contributed by atoms with van der Waals surface area (Å²) < 4.78 is 38.7. The highest BCUT2D eigenvalue weighted by atomic mass is 19.4. The molecule has 0 bridgehead atoms. The molecule has 104 valence electrons. The SMILES string of the molecule is NCC(N1CCCc2ccccc2C1=O)C(F)(F)F. The topological polar surface area (TPSA) is 46.3 Å². The summed E-state index contributed by atoms with van der Waals surface area (Å²) in [5, 5.41) is 0. The fraction of sp³-hybridized carbons (Fsp3) is 0.462. The highest BCUT2D eigenvalue weighted by Gasteiger charge is 2.45. The summed E-state index contributed by atoms with van der Waals surface area (Å²) in [6, 6.07) is 4.88. The van der Waals surface area contributed by atoms with E-state index in [2.05, 4.69) is 0 Å². The zero-order valence-corrected chi connectivity index (χ0v) is 10.3. The molecule has 0 saturated heterocycles. The largest absolute Gasteiger partial charge is 0.410 e. The van der Waals surface area contributed by atoms with Crippen LogP contribution >= 0.6 is 0 Å². The number of nitrogens with two attached hydrogens (primary N) is 1. The predicted octanol–water partition coefficient (Wildman–Crippen LogP) is 1.96. The Morgan fingerprint density at radius 3 is 2.63 bits per heavy atom. The van der Waals surface area contributed by atoms with Gasteiger partial charge in [-0.3, -0.25) is 4.79 Å². The van der Waals surface area contributed by atoms with Crippen molar-refractivity contribution in [2.75, 3.05) is 13.1 Å². The van der Waals surface area contributed by atoms with Crippen molar-refractivity contribution in [2.45, 2.75) is 25.1 Å². The van der Waals surface area contributed by atoms with E-state index in [0.29, 0.717) is 18.4 Å². The van der Waals surface area contributed by atoms with Crippen molar-refractivity contribution in [3.05, 3.63) is 35.4 Å². The number of amides is 1. The molecule has 0 saturated carbocycles. The molecule has 0 aromatic heterocycles. The Kier molecular flexibility index (Phi) is 3.80. The lowest BCUT2D eigenvalue weighted by Crippen LogP contribution is -2.52. The van der Waals surface area contributed by atoms with E-state index in [9.17, 15) is 18.0 Å². The number of alkyl halides is 3. The van der Waals surface area contributed by atoms with Crippen molar-refractivity contribution in [3.8, 4) is 0 Å². The normalized spacial score (nSPS) is 17.9. The average molecular weight is 272 g/mol. The van der Waals surface area contributed by atoms with Crippen LogP contribution in [0, 0.1) is 0 Å². The second-order valence-electron chi connectivity index (χ2n) is 4.55. The Morgan fingerprint density at radius 2 is 2.00 bits per heavy atom. The van der Waals surface area contributed by atoms with Crippen LogP contribution in [0.25, 0.3) is 0 Å². The average Bonchev–Trinajstić information content (AvgIpc) is 2.50. The summed E-state index contributed by atoms with van der Waals surface area (Å²) in [6.45, 7) is -0.535. The highest BCUT2D eigenvalue weighted by molar-refractivity contribution is 5.96. The molecule has 1 aliphatic rings. The lowest BCUT2D eigenvalue weighted by molar-refractivity contribution is -0.173. The summed E-state index contributed by atoms with van der Waals surface area (Å²) in [5.74, 6) is -0.583. The molecule has 0 radical (unpaired) electrons. The van der Waals surface area contributed by atoms with Gasteiger partial charge in [-0.2, -0.15) is 13.2 Å². The Labute approximate surface area is 109 Å². The summed E-state index contributed by atoms with van der Waals surface area (Å²) >= 11 is 0. The third-order valence-corrected chi connectivity index (χ3v) is 3.33. The molecule has 19 heavy (non-hydrogen) atoms. The number of rotatable bonds is 2. The van der Waals surface area contributed by atoms with Gasteiger partial charge in [-0.05, 0) is 24.5 Å². The fourth-order valence-electron chi connectivity index (χ4n) is 2.38. The number of aryl methyl sites for hydroxylation is 1. The van der Waals surface area contributed by atoms with E-state index >= 15 is 0 Å². The first-order chi connectivity index (χ1) is 8.95. The second kappa shape index (κ2) is 5.21. The van der Waals surface area contributed by atoms with Gasteiger partial charge in [0.05, 0.1) is 0 Å². The summed E-state index contributed by atoms with van der Waals surface area (Å²) in [7, 11) is 0. The van der Waals surface area contributed by atoms with Crippen molar-refractivity contribution >= 4 is 5.91 Å². The van der Waals surface area contributed by atoms with Gasteiger partial charge in [-0.1, -0.05) is 18.2 Å². The van der Waals surface area contributed by atoms with E-state index in [4.69, 9.17) is 5.73 Å². The molecule has 1 aliphatic heterocycles. The van der Waals surface area contributed by atoms with Crippen LogP contribution in [0.5, 0.6) is 0 Å². The number of hydrogen-bond donors (Lipinski definition) is 1. The lowest BCUT2D eigenvalue weighted by atomic mass is 10.0. The third kappa shape index (κ3) is 2.73. The maximum Gasteiger partial charge on any atom is 0.410 e. The van der Waals surface area contributed by atoms with E-state index in [1.807, 2.05) is 0 Å². The molecule has 6 heteroatoms. The minimum Gasteiger partial charge on any atom is -0.328 e. The van der Waals surface area contributed by atoms with Gasteiger partial charge >= 0.3 is 6.18 Å². The van der Waals surface area contributed by atoms with Crippen LogP contribution in [0.15, 0.2) is 24.3 Å². The molecular weight excluding hydrogens is 257 g/mol. The van der Waals surface area contributed by atoms with Gasteiger partial charge in [0.2, 0.25) is 0 Å². The first kappa shape index (κ1) is 13.9. The zero-order chi connectivity index (χ0) is 14.0. The number of fused-ring (bicyclic) bond motifs is 1. The summed E-state index contributed by atoms with van der Waals surface area (Å²) in [5.41, 5.74) is 6.36. The van der Waals surface area contributed by atoms with Gasteiger partial charge in [0.25, 0.3) is 5.91 Å². The number of hydrogen-bond acceptors (Lipinski definition) is 2. The minimum absolute atomic E-state index is 0.0783. The van der Waals surface area contributed by atoms with E-state index in [1.54, 1.807) is 24.3 Å². The molecule has 1 aromatic carbocycles. The van der Waals surface area contributed by atoms with E-state index in [1.165, 1.54) is 0 Å². The van der Waals surface area contributed by atoms with Crippen LogP contribution in [-0.2, 0) is 6.42 Å². The first-order valence-corrected chi connectivity index (χ1v) is 6.11. The van der Waals surface area contributed by atoms with Crippen molar-refractivity contribution in [1.29, 1.82) is 0 Å². The Balaban J connectivity index is 2.36. The van der Waals surface area contributed by atoms with Crippen LogP contribution in [0.3, 0.4) is 0 Å². The minimum atomic E-state index is -4.50. The van der Waals surface area contributed by atoms with Crippen molar-refractivity contribution in [1.82, 2.24) is 4.90 Å². The standard InChI is InChI=1S/C13H15F3N2O/c14-13(15,16)11(8-17)18-7-3-5-9-4-1-2-6-10(9)12(18)19/h1-2,4,6,11H,3,5,7-8,17H2. The fourth-order valence-corrected chi connectivity index (χ4v) is 2.38. The number of halogens is 3. The first-order valence-electron chi connectivity index (χ1n) is 6.11. The maximum atomic E-state index is 12.9. The molecule has 0 spiro atoms. The maximum absolute atomic E-state index is 12.9. The molecule has 0 fully saturated rings. The molecule has 2 rings (SSSR count). The molecule has 1 atom stereocenters. The van der Waals surface area contributed by atoms with Crippen molar-refractivity contribution in [2.24, 2.45) is 5.73 Å². The molecule has 0 aliphatic carbocycles. The van der Waals surface area contributed by atoms with E-state index in [-0.39, 0.29) is 6.54 Å².